The van der Waals surface area contributed by atoms with Crippen molar-refractivity contribution in [2.45, 2.75) is 16.7 Å². The van der Waals surface area contributed by atoms with Gasteiger partial charge in [-0.25, -0.2) is 30.5 Å². The SMILES string of the molecule is CNS(=O)(=O)c1cccc(-c2cc3c4c(cnc3n2S(=O)(=O)c2ccc(C)cc2)cnn4C)c1. The maximum absolute atomic E-state index is 13.9. The zero-order chi connectivity index (χ0) is 24.3. The van der Waals surface area contributed by atoms with Gasteiger partial charge >= 0.3 is 0 Å². The van der Waals surface area contributed by atoms with Gasteiger partial charge in [-0.2, -0.15) is 5.10 Å². The fourth-order valence-electron chi connectivity index (χ4n) is 3.99. The lowest BCUT2D eigenvalue weighted by Crippen LogP contribution is -2.18. The summed E-state index contributed by atoms with van der Waals surface area (Å²) >= 11 is 0. The first-order valence-corrected chi connectivity index (χ1v) is 13.2. The molecule has 5 rings (SSSR count). The van der Waals surface area contributed by atoms with Gasteiger partial charge in [-0.3, -0.25) is 4.68 Å². The summed E-state index contributed by atoms with van der Waals surface area (Å²) in [5.74, 6) is 0. The Morgan fingerprint density at radius 3 is 2.35 bits per heavy atom. The topological polar surface area (TPSA) is 116 Å². The zero-order valence-corrected chi connectivity index (χ0v) is 20.2. The highest BCUT2D eigenvalue weighted by atomic mass is 32.2. The molecule has 34 heavy (non-hydrogen) atoms. The Kier molecular flexibility index (Phi) is 5.08. The second kappa shape index (κ2) is 7.76. The molecule has 2 aromatic carbocycles. The van der Waals surface area contributed by atoms with E-state index in [4.69, 9.17) is 0 Å². The molecule has 0 spiro atoms. The second-order valence-electron chi connectivity index (χ2n) is 7.92. The number of aromatic nitrogens is 4. The number of hydrogen-bond acceptors (Lipinski definition) is 6. The van der Waals surface area contributed by atoms with Crippen LogP contribution in [0.2, 0.25) is 0 Å². The van der Waals surface area contributed by atoms with Crippen LogP contribution in [0.4, 0.5) is 0 Å². The first kappa shape index (κ1) is 22.3. The van der Waals surface area contributed by atoms with Crippen molar-refractivity contribution < 1.29 is 16.8 Å². The smallest absolute Gasteiger partial charge is 0.267 e. The van der Waals surface area contributed by atoms with Gasteiger partial charge in [0, 0.05) is 29.6 Å². The summed E-state index contributed by atoms with van der Waals surface area (Å²) in [4.78, 5) is 4.59. The van der Waals surface area contributed by atoms with Gasteiger partial charge in [0.25, 0.3) is 10.0 Å². The highest BCUT2D eigenvalue weighted by molar-refractivity contribution is 7.90. The van der Waals surface area contributed by atoms with Crippen LogP contribution in [-0.2, 0) is 27.1 Å². The lowest BCUT2D eigenvalue weighted by molar-refractivity contribution is 0.587. The molecule has 3 aromatic heterocycles. The standard InChI is InChI=1S/C23H21N5O4S2/c1-15-7-9-18(10-8-15)34(31,32)28-21(16-5-4-6-19(11-16)33(29,30)24-2)12-20-22-17(13-25-23(20)28)14-26-27(22)3/h4-14,24H,1-3H3. The van der Waals surface area contributed by atoms with E-state index in [0.717, 1.165) is 16.5 Å². The zero-order valence-electron chi connectivity index (χ0n) is 18.6. The number of hydrogen-bond donors (Lipinski definition) is 1. The average Bonchev–Trinajstić information content (AvgIpc) is 3.40. The number of rotatable bonds is 5. The summed E-state index contributed by atoms with van der Waals surface area (Å²) in [5, 5.41) is 5.63. The predicted octanol–water partition coefficient (Wildman–Crippen LogP) is 3.04. The molecule has 0 atom stereocenters. The van der Waals surface area contributed by atoms with Crippen molar-refractivity contribution >= 4 is 42.0 Å². The molecule has 0 aliphatic heterocycles. The fourth-order valence-corrected chi connectivity index (χ4v) is 6.25. The van der Waals surface area contributed by atoms with Gasteiger partial charge in [0.15, 0.2) is 5.65 Å². The van der Waals surface area contributed by atoms with Crippen LogP contribution in [0, 0.1) is 6.92 Å². The Bertz CT molecular complexity index is 1780. The second-order valence-corrected chi connectivity index (χ2v) is 11.6. The van der Waals surface area contributed by atoms with E-state index in [1.807, 2.05) is 6.92 Å². The van der Waals surface area contributed by atoms with E-state index in [1.54, 1.807) is 66.6 Å². The van der Waals surface area contributed by atoms with E-state index < -0.39 is 20.0 Å². The van der Waals surface area contributed by atoms with Gasteiger partial charge in [0.05, 0.1) is 27.2 Å². The Balaban J connectivity index is 1.89. The maximum Gasteiger partial charge on any atom is 0.269 e. The summed E-state index contributed by atoms with van der Waals surface area (Å²) in [6.45, 7) is 1.88. The van der Waals surface area contributed by atoms with E-state index >= 15 is 0 Å². The van der Waals surface area contributed by atoms with Crippen molar-refractivity contribution in [1.82, 2.24) is 23.5 Å². The molecule has 0 aliphatic carbocycles. The van der Waals surface area contributed by atoms with Gasteiger partial charge in [0.2, 0.25) is 10.0 Å². The van der Waals surface area contributed by atoms with Crippen LogP contribution in [0.5, 0.6) is 0 Å². The molecule has 11 heteroatoms. The van der Waals surface area contributed by atoms with Gasteiger partial charge in [-0.15, -0.1) is 0 Å². The molecule has 0 aliphatic rings. The molecule has 0 bridgehead atoms. The lowest BCUT2D eigenvalue weighted by atomic mass is 10.1. The van der Waals surface area contributed by atoms with Gasteiger partial charge in [-0.05, 0) is 44.3 Å². The molecule has 0 radical (unpaired) electrons. The molecule has 5 aromatic rings. The molecule has 9 nitrogen and oxygen atoms in total. The van der Waals surface area contributed by atoms with Crippen LogP contribution in [-0.4, -0.2) is 42.6 Å². The van der Waals surface area contributed by atoms with Crippen molar-refractivity contribution in [3.05, 3.63) is 72.6 Å². The van der Waals surface area contributed by atoms with Crippen LogP contribution in [0.25, 0.3) is 33.2 Å². The molecule has 3 heterocycles. The molecule has 0 fully saturated rings. The molecule has 0 unspecified atom stereocenters. The molecule has 174 valence electrons. The van der Waals surface area contributed by atoms with Gasteiger partial charge in [0.1, 0.15) is 0 Å². The lowest BCUT2D eigenvalue weighted by Gasteiger charge is -2.13. The summed E-state index contributed by atoms with van der Waals surface area (Å²) in [6.07, 6.45) is 3.24. The number of aryl methyl sites for hydroxylation is 2. The molecular formula is C23H21N5O4S2. The van der Waals surface area contributed by atoms with E-state index in [-0.39, 0.29) is 15.4 Å². The van der Waals surface area contributed by atoms with Gasteiger partial charge < -0.3 is 0 Å². The molecular weight excluding hydrogens is 474 g/mol. The first-order chi connectivity index (χ1) is 16.1. The normalized spacial score (nSPS) is 12.6. The third kappa shape index (κ3) is 3.40. The Hall–Kier alpha value is -3.54. The fraction of sp³-hybridized carbons (Fsp3) is 0.130. The number of nitrogens with one attached hydrogen (secondary N) is 1. The summed E-state index contributed by atoms with van der Waals surface area (Å²) in [6, 6.07) is 14.4. The highest BCUT2D eigenvalue weighted by Gasteiger charge is 2.27. The number of fused-ring (bicyclic) bond motifs is 3. The van der Waals surface area contributed by atoms with Crippen LogP contribution in [0.3, 0.4) is 0 Å². The van der Waals surface area contributed by atoms with Crippen molar-refractivity contribution in [1.29, 1.82) is 0 Å². The summed E-state index contributed by atoms with van der Waals surface area (Å²) in [7, 11) is -4.72. The monoisotopic (exact) mass is 495 g/mol. The molecule has 0 saturated heterocycles. The minimum Gasteiger partial charge on any atom is -0.267 e. The van der Waals surface area contributed by atoms with Gasteiger partial charge in [-0.1, -0.05) is 29.8 Å². The van der Waals surface area contributed by atoms with E-state index in [2.05, 4.69) is 14.8 Å². The van der Waals surface area contributed by atoms with Crippen LogP contribution in [0.1, 0.15) is 5.56 Å². The molecule has 0 amide bonds. The predicted molar refractivity (Wildman–Crippen MR) is 129 cm³/mol. The van der Waals surface area contributed by atoms with E-state index in [1.165, 1.54) is 23.2 Å². The van der Waals surface area contributed by atoms with Crippen LogP contribution < -0.4 is 4.72 Å². The Labute approximate surface area is 196 Å². The third-order valence-corrected chi connectivity index (χ3v) is 8.88. The summed E-state index contributed by atoms with van der Waals surface area (Å²) < 4.78 is 57.7. The van der Waals surface area contributed by atoms with Crippen molar-refractivity contribution in [3.8, 4) is 11.3 Å². The van der Waals surface area contributed by atoms with Crippen LogP contribution in [0.15, 0.2) is 76.8 Å². The number of pyridine rings is 1. The van der Waals surface area contributed by atoms with Crippen molar-refractivity contribution in [3.63, 3.8) is 0 Å². The molecule has 1 N–H and O–H groups in total. The van der Waals surface area contributed by atoms with Crippen LogP contribution >= 0.6 is 0 Å². The average molecular weight is 496 g/mol. The summed E-state index contributed by atoms with van der Waals surface area (Å²) in [5.41, 5.74) is 2.60. The van der Waals surface area contributed by atoms with E-state index in [9.17, 15) is 16.8 Å². The third-order valence-electron chi connectivity index (χ3n) is 5.75. The maximum atomic E-state index is 13.9. The largest absolute Gasteiger partial charge is 0.269 e. The minimum absolute atomic E-state index is 0.0238. The first-order valence-electron chi connectivity index (χ1n) is 10.3. The number of sulfonamides is 1. The number of nitrogens with zero attached hydrogens (tertiary/aromatic N) is 4. The minimum atomic E-state index is -4.08. The van der Waals surface area contributed by atoms with Crippen molar-refractivity contribution in [2.24, 2.45) is 7.05 Å². The quantitative estimate of drug-likeness (QED) is 0.401. The highest BCUT2D eigenvalue weighted by Crippen LogP contribution is 2.35. The number of benzene rings is 2. The Morgan fingerprint density at radius 1 is 0.912 bits per heavy atom. The van der Waals surface area contributed by atoms with E-state index in [0.29, 0.717) is 16.6 Å². The Morgan fingerprint density at radius 2 is 1.65 bits per heavy atom. The molecule has 0 saturated carbocycles. The van der Waals surface area contributed by atoms with Crippen molar-refractivity contribution in [2.75, 3.05) is 7.05 Å².